The smallest absolute Gasteiger partial charge is 0.243 e. The Labute approximate surface area is 229 Å². The minimum atomic E-state index is -1.21. The Morgan fingerprint density at radius 1 is 1.03 bits per heavy atom. The fourth-order valence-corrected chi connectivity index (χ4v) is 5.20. The molecule has 0 bridgehead atoms. The van der Waals surface area contributed by atoms with E-state index in [0.29, 0.717) is 18.9 Å². The van der Waals surface area contributed by atoms with Crippen molar-refractivity contribution in [1.29, 1.82) is 0 Å². The number of Topliss-reactive ketones (excluding diaryl/α,β-unsaturated/α-hetero) is 1. The molecule has 1 aromatic carbocycles. The molecule has 9 nitrogen and oxygen atoms in total. The van der Waals surface area contributed by atoms with Gasteiger partial charge in [0.2, 0.25) is 17.7 Å². The molecule has 210 valence electrons. The number of ether oxygens (including phenoxy) is 1. The number of hydrogen-bond acceptors (Lipinski definition) is 7. The van der Waals surface area contributed by atoms with Crippen LogP contribution in [-0.2, 0) is 30.3 Å². The molecule has 1 saturated heterocycles. The quantitative estimate of drug-likeness (QED) is 0.207. The van der Waals surface area contributed by atoms with Crippen LogP contribution in [0.1, 0.15) is 64.9 Å². The average molecular weight is 548 g/mol. The number of amides is 3. The maximum atomic E-state index is 13.5. The summed E-state index contributed by atoms with van der Waals surface area (Å²) < 4.78 is 5.21. The van der Waals surface area contributed by atoms with Crippen molar-refractivity contribution in [1.82, 2.24) is 16.0 Å². The van der Waals surface area contributed by atoms with Gasteiger partial charge >= 0.3 is 0 Å². The predicted molar refractivity (Wildman–Crippen MR) is 146 cm³/mol. The van der Waals surface area contributed by atoms with Gasteiger partial charge in [-0.3, -0.25) is 19.2 Å². The number of hydrogen-bond donors (Lipinski definition) is 4. The van der Waals surface area contributed by atoms with E-state index >= 15 is 0 Å². The molecule has 1 aromatic rings. The van der Waals surface area contributed by atoms with E-state index in [0.717, 1.165) is 36.1 Å². The number of aliphatic hydroxyl groups is 1. The fraction of sp³-hybridized carbons (Fsp3) is 0.643. The largest absolute Gasteiger partial charge is 0.390 e. The summed E-state index contributed by atoms with van der Waals surface area (Å²) in [5.41, 5.74) is -0.358. The van der Waals surface area contributed by atoms with Crippen molar-refractivity contribution in [3.63, 3.8) is 0 Å². The van der Waals surface area contributed by atoms with E-state index in [1.807, 2.05) is 30.5 Å². The maximum absolute atomic E-state index is 13.5. The van der Waals surface area contributed by atoms with Gasteiger partial charge in [0.1, 0.15) is 18.2 Å². The van der Waals surface area contributed by atoms with Gasteiger partial charge in [0.15, 0.2) is 5.78 Å². The van der Waals surface area contributed by atoms with Crippen LogP contribution in [0.4, 0.5) is 0 Å². The van der Waals surface area contributed by atoms with Gasteiger partial charge in [-0.15, -0.1) is 11.8 Å². The molecule has 0 aromatic heterocycles. The summed E-state index contributed by atoms with van der Waals surface area (Å²) >= 11 is 1.61. The predicted octanol–water partition coefficient (Wildman–Crippen LogP) is 2.13. The molecule has 1 aliphatic heterocycles. The van der Waals surface area contributed by atoms with E-state index in [1.54, 1.807) is 11.8 Å². The van der Waals surface area contributed by atoms with Gasteiger partial charge < -0.3 is 25.8 Å². The number of benzene rings is 1. The van der Waals surface area contributed by atoms with E-state index in [2.05, 4.69) is 16.0 Å². The van der Waals surface area contributed by atoms with Crippen LogP contribution in [0, 0.1) is 5.92 Å². The van der Waals surface area contributed by atoms with Gasteiger partial charge in [-0.2, -0.15) is 0 Å². The standard InChI is InChI=1S/C28H41N3O6S/c1-17(29-24(32)15-28(2,3)36)26(34)31-22(14-19-9-11-20(38-4)12-10-19)27(35)30-21(25(33)23-16-37-23)13-18-7-5-6-8-18/h9-12,17-18,21-23,36H,5-8,13-16H2,1-4H3,(H,29,32)(H,30,35)(H,31,34). The highest BCUT2D eigenvalue weighted by molar-refractivity contribution is 7.98. The first-order valence-corrected chi connectivity index (χ1v) is 14.6. The molecule has 38 heavy (non-hydrogen) atoms. The van der Waals surface area contributed by atoms with Crippen LogP contribution in [0.5, 0.6) is 0 Å². The van der Waals surface area contributed by atoms with Crippen LogP contribution in [0.25, 0.3) is 0 Å². The second-order valence-electron chi connectivity index (χ2n) is 11.1. The molecule has 2 aliphatic rings. The third-order valence-corrected chi connectivity index (χ3v) is 7.69. The zero-order valence-corrected chi connectivity index (χ0v) is 23.6. The number of ketones is 1. The summed E-state index contributed by atoms with van der Waals surface area (Å²) in [6.45, 7) is 4.92. The van der Waals surface area contributed by atoms with Crippen LogP contribution >= 0.6 is 11.8 Å². The molecule has 10 heteroatoms. The lowest BCUT2D eigenvalue weighted by atomic mass is 9.94. The molecule has 2 fully saturated rings. The molecule has 4 N–H and O–H groups in total. The van der Waals surface area contributed by atoms with Gasteiger partial charge in [0, 0.05) is 11.3 Å². The second kappa shape index (κ2) is 13.6. The Morgan fingerprint density at radius 2 is 1.63 bits per heavy atom. The third kappa shape index (κ3) is 9.71. The maximum Gasteiger partial charge on any atom is 0.243 e. The molecule has 1 aliphatic carbocycles. The molecule has 4 atom stereocenters. The normalized spacial score (nSPS) is 19.8. The number of epoxide rings is 1. The molecular weight excluding hydrogens is 506 g/mol. The molecule has 1 saturated carbocycles. The van der Waals surface area contributed by atoms with Crippen LogP contribution < -0.4 is 16.0 Å². The Bertz CT molecular complexity index is 983. The first-order valence-electron chi connectivity index (χ1n) is 13.4. The molecule has 3 amide bonds. The summed E-state index contributed by atoms with van der Waals surface area (Å²) in [5.74, 6) is -1.19. The van der Waals surface area contributed by atoms with Crippen LogP contribution in [-0.4, -0.2) is 71.3 Å². The summed E-state index contributed by atoms with van der Waals surface area (Å²) in [5, 5.41) is 18.1. The van der Waals surface area contributed by atoms with E-state index in [4.69, 9.17) is 4.74 Å². The summed E-state index contributed by atoms with van der Waals surface area (Å²) in [6.07, 6.45) is 6.46. The highest BCUT2D eigenvalue weighted by atomic mass is 32.2. The zero-order valence-electron chi connectivity index (χ0n) is 22.7. The number of carbonyl (C=O) groups is 4. The van der Waals surface area contributed by atoms with Crippen LogP contribution in [0.2, 0.25) is 0 Å². The lowest BCUT2D eigenvalue weighted by Gasteiger charge is -2.26. The molecule has 0 spiro atoms. The van der Waals surface area contributed by atoms with Gasteiger partial charge in [-0.1, -0.05) is 37.8 Å². The number of thioether (sulfide) groups is 1. The summed E-state index contributed by atoms with van der Waals surface area (Å²) in [4.78, 5) is 52.8. The van der Waals surface area contributed by atoms with Crippen LogP contribution in [0.15, 0.2) is 29.2 Å². The Hall–Kier alpha value is -2.43. The fourth-order valence-electron chi connectivity index (χ4n) is 4.79. The first-order chi connectivity index (χ1) is 17.9. The molecule has 0 radical (unpaired) electrons. The van der Waals surface area contributed by atoms with Crippen molar-refractivity contribution in [3.8, 4) is 0 Å². The third-order valence-electron chi connectivity index (χ3n) is 6.95. The zero-order chi connectivity index (χ0) is 27.9. The van der Waals surface area contributed by atoms with Gasteiger partial charge in [0.25, 0.3) is 0 Å². The lowest BCUT2D eigenvalue weighted by Crippen LogP contribution is -2.56. The van der Waals surface area contributed by atoms with E-state index < -0.39 is 47.6 Å². The van der Waals surface area contributed by atoms with Crippen molar-refractivity contribution in [3.05, 3.63) is 29.8 Å². The van der Waals surface area contributed by atoms with Crippen LogP contribution in [0.3, 0.4) is 0 Å². The van der Waals surface area contributed by atoms with Gasteiger partial charge in [-0.05, 0) is 57.1 Å². The average Bonchev–Trinajstić information content (AvgIpc) is 3.58. The van der Waals surface area contributed by atoms with E-state index in [9.17, 15) is 24.3 Å². The van der Waals surface area contributed by atoms with E-state index in [-0.39, 0.29) is 18.6 Å². The molecule has 1 heterocycles. The van der Waals surface area contributed by atoms with Gasteiger partial charge in [-0.25, -0.2) is 0 Å². The van der Waals surface area contributed by atoms with Crippen molar-refractivity contribution < 1.29 is 29.0 Å². The number of carbonyl (C=O) groups excluding carboxylic acids is 4. The van der Waals surface area contributed by atoms with Crippen molar-refractivity contribution >= 4 is 35.3 Å². The van der Waals surface area contributed by atoms with Crippen molar-refractivity contribution in [2.24, 2.45) is 5.92 Å². The Kier molecular flexibility index (Phi) is 10.8. The Balaban J connectivity index is 1.72. The molecule has 3 rings (SSSR count). The molecular formula is C28H41N3O6S. The monoisotopic (exact) mass is 547 g/mol. The SMILES string of the molecule is CSc1ccc(CC(NC(=O)C(C)NC(=O)CC(C)(C)O)C(=O)NC(CC2CCCC2)C(=O)C2CO2)cc1. The summed E-state index contributed by atoms with van der Waals surface area (Å²) in [6, 6.07) is 5.18. The summed E-state index contributed by atoms with van der Waals surface area (Å²) in [7, 11) is 0. The minimum Gasteiger partial charge on any atom is -0.390 e. The van der Waals surface area contributed by atoms with Gasteiger partial charge in [0.05, 0.1) is 24.7 Å². The molecule has 4 unspecified atom stereocenters. The highest BCUT2D eigenvalue weighted by Gasteiger charge is 2.39. The topological polar surface area (TPSA) is 137 Å². The highest BCUT2D eigenvalue weighted by Crippen LogP contribution is 2.30. The van der Waals surface area contributed by atoms with E-state index in [1.165, 1.54) is 20.8 Å². The van der Waals surface area contributed by atoms with Crippen molar-refractivity contribution in [2.45, 2.75) is 100 Å². The number of nitrogens with one attached hydrogen (secondary N) is 3. The van der Waals surface area contributed by atoms with Crippen molar-refractivity contribution in [2.75, 3.05) is 12.9 Å². The Morgan fingerprint density at radius 3 is 2.18 bits per heavy atom. The second-order valence-corrected chi connectivity index (χ2v) is 11.9. The minimum absolute atomic E-state index is 0.119. The number of rotatable bonds is 14. The lowest BCUT2D eigenvalue weighted by molar-refractivity contribution is -0.134. The first kappa shape index (κ1) is 30.1.